The van der Waals surface area contributed by atoms with E-state index in [2.05, 4.69) is 5.48 Å². The number of nitrogens with one attached hydrogen (secondary N) is 1. The minimum atomic E-state index is -0.198. The van der Waals surface area contributed by atoms with Crippen molar-refractivity contribution in [2.24, 2.45) is 0 Å². The summed E-state index contributed by atoms with van der Waals surface area (Å²) in [6.07, 6.45) is 0.293. The number of hydrogen-bond acceptors (Lipinski definition) is 3. The fraction of sp³-hybridized carbons (Fsp3) is 0.389. The first kappa shape index (κ1) is 16.5. The maximum absolute atomic E-state index is 11.9. The third-order valence-corrected chi connectivity index (χ3v) is 3.14. The number of benzene rings is 2. The number of amides is 1. The van der Waals surface area contributed by atoms with Gasteiger partial charge in [0.2, 0.25) is 5.91 Å². The highest BCUT2D eigenvalue weighted by Crippen LogP contribution is 2.18. The van der Waals surface area contributed by atoms with Gasteiger partial charge in [-0.15, -0.1) is 0 Å². The molecule has 22 heavy (non-hydrogen) atoms. The molecule has 0 fully saturated rings. The van der Waals surface area contributed by atoms with Crippen molar-refractivity contribution in [2.75, 3.05) is 13.2 Å². The standard InChI is InChI=1S/C18H23NO3/c1-18(2,3)21-11-12-22-19-17(20)13-15-9-6-8-14-7-4-5-10-16(14)15/h4-10H,11-13H2,1-3H3,(H,19,20). The maximum atomic E-state index is 11.9. The molecular formula is C18H23NO3. The van der Waals surface area contributed by atoms with E-state index in [1.165, 1.54) is 0 Å². The zero-order chi connectivity index (χ0) is 16.0. The van der Waals surface area contributed by atoms with E-state index in [9.17, 15) is 4.79 Å². The van der Waals surface area contributed by atoms with Crippen LogP contribution in [-0.4, -0.2) is 24.7 Å². The van der Waals surface area contributed by atoms with E-state index in [1.807, 2.05) is 63.2 Å². The van der Waals surface area contributed by atoms with Gasteiger partial charge in [0.15, 0.2) is 0 Å². The van der Waals surface area contributed by atoms with Crippen LogP contribution in [0.15, 0.2) is 42.5 Å². The monoisotopic (exact) mass is 301 g/mol. The number of carbonyl (C=O) groups excluding carboxylic acids is 1. The van der Waals surface area contributed by atoms with E-state index in [0.717, 1.165) is 16.3 Å². The van der Waals surface area contributed by atoms with Gasteiger partial charge in [0, 0.05) is 0 Å². The fourth-order valence-electron chi connectivity index (χ4n) is 2.18. The molecule has 0 spiro atoms. The van der Waals surface area contributed by atoms with Gasteiger partial charge in [0.25, 0.3) is 0 Å². The number of fused-ring (bicyclic) bond motifs is 1. The second-order valence-corrected chi connectivity index (χ2v) is 6.15. The molecule has 0 aliphatic heterocycles. The zero-order valence-corrected chi connectivity index (χ0v) is 13.4. The lowest BCUT2D eigenvalue weighted by Gasteiger charge is -2.19. The van der Waals surface area contributed by atoms with Crippen LogP contribution in [0.25, 0.3) is 10.8 Å². The van der Waals surface area contributed by atoms with Crippen LogP contribution in [0.1, 0.15) is 26.3 Å². The van der Waals surface area contributed by atoms with Gasteiger partial charge in [-0.05, 0) is 37.1 Å². The van der Waals surface area contributed by atoms with Crippen LogP contribution < -0.4 is 5.48 Å². The predicted octanol–water partition coefficient (Wildman–Crippen LogP) is 3.25. The molecule has 4 heteroatoms. The Labute approximate surface area is 131 Å². The zero-order valence-electron chi connectivity index (χ0n) is 13.4. The molecule has 2 aromatic rings. The quantitative estimate of drug-likeness (QED) is 0.658. The van der Waals surface area contributed by atoms with E-state index in [1.54, 1.807) is 0 Å². The molecule has 0 radical (unpaired) electrons. The van der Waals surface area contributed by atoms with Gasteiger partial charge in [0.1, 0.15) is 0 Å². The molecule has 0 atom stereocenters. The van der Waals surface area contributed by atoms with Crippen LogP contribution in [0.2, 0.25) is 0 Å². The van der Waals surface area contributed by atoms with Crippen molar-refractivity contribution in [1.29, 1.82) is 0 Å². The number of hydroxylamine groups is 1. The Morgan fingerprint density at radius 2 is 1.77 bits per heavy atom. The third-order valence-electron chi connectivity index (χ3n) is 3.14. The van der Waals surface area contributed by atoms with Gasteiger partial charge < -0.3 is 4.74 Å². The van der Waals surface area contributed by atoms with E-state index >= 15 is 0 Å². The molecule has 1 N–H and O–H groups in total. The second-order valence-electron chi connectivity index (χ2n) is 6.15. The molecule has 2 rings (SSSR count). The Balaban J connectivity index is 1.82. The third kappa shape index (κ3) is 5.13. The molecule has 0 unspecified atom stereocenters. The highest BCUT2D eigenvalue weighted by atomic mass is 16.7. The van der Waals surface area contributed by atoms with Crippen LogP contribution >= 0.6 is 0 Å². The highest BCUT2D eigenvalue weighted by Gasteiger charge is 2.10. The molecule has 0 aromatic heterocycles. The molecule has 2 aromatic carbocycles. The Morgan fingerprint density at radius 3 is 2.55 bits per heavy atom. The van der Waals surface area contributed by atoms with Crippen molar-refractivity contribution in [3.05, 3.63) is 48.0 Å². The Morgan fingerprint density at radius 1 is 1.05 bits per heavy atom. The molecule has 0 aliphatic rings. The summed E-state index contributed by atoms with van der Waals surface area (Å²) < 4.78 is 5.51. The van der Waals surface area contributed by atoms with Crippen LogP contribution in [0.5, 0.6) is 0 Å². The minimum absolute atomic E-state index is 0.160. The summed E-state index contributed by atoms with van der Waals surface area (Å²) in [6, 6.07) is 14.0. The highest BCUT2D eigenvalue weighted by molar-refractivity contribution is 5.89. The molecule has 0 bridgehead atoms. The number of rotatable bonds is 6. The maximum Gasteiger partial charge on any atom is 0.247 e. The molecule has 4 nitrogen and oxygen atoms in total. The number of carbonyl (C=O) groups is 1. The summed E-state index contributed by atoms with van der Waals surface area (Å²) in [4.78, 5) is 17.1. The van der Waals surface area contributed by atoms with Gasteiger partial charge in [-0.2, -0.15) is 0 Å². The fourth-order valence-corrected chi connectivity index (χ4v) is 2.18. The van der Waals surface area contributed by atoms with Crippen LogP contribution in [0.3, 0.4) is 0 Å². The van der Waals surface area contributed by atoms with Crippen molar-refractivity contribution in [1.82, 2.24) is 5.48 Å². The average molecular weight is 301 g/mol. The van der Waals surface area contributed by atoms with Gasteiger partial charge in [-0.25, -0.2) is 5.48 Å². The van der Waals surface area contributed by atoms with E-state index < -0.39 is 0 Å². The van der Waals surface area contributed by atoms with Gasteiger partial charge in [-0.1, -0.05) is 42.5 Å². The summed E-state index contributed by atoms with van der Waals surface area (Å²) in [6.45, 7) is 6.71. The van der Waals surface area contributed by atoms with E-state index in [-0.39, 0.29) is 11.5 Å². The molecule has 1 amide bonds. The lowest BCUT2D eigenvalue weighted by atomic mass is 10.0. The molecular weight excluding hydrogens is 278 g/mol. The van der Waals surface area contributed by atoms with Crippen LogP contribution in [-0.2, 0) is 20.8 Å². The SMILES string of the molecule is CC(C)(C)OCCONC(=O)Cc1cccc2ccccc12. The Kier molecular flexibility index (Phi) is 5.52. The molecule has 0 saturated carbocycles. The van der Waals surface area contributed by atoms with Gasteiger partial charge in [0.05, 0.1) is 25.2 Å². The molecule has 0 aliphatic carbocycles. The van der Waals surface area contributed by atoms with Crippen LogP contribution in [0.4, 0.5) is 0 Å². The topological polar surface area (TPSA) is 47.6 Å². The summed E-state index contributed by atoms with van der Waals surface area (Å²) in [7, 11) is 0. The van der Waals surface area contributed by atoms with Gasteiger partial charge in [-0.3, -0.25) is 9.63 Å². The summed E-state index contributed by atoms with van der Waals surface area (Å²) in [5.74, 6) is -0.160. The molecule has 0 saturated heterocycles. The first-order valence-electron chi connectivity index (χ1n) is 7.47. The van der Waals surface area contributed by atoms with Crippen molar-refractivity contribution >= 4 is 16.7 Å². The number of hydrogen-bond donors (Lipinski definition) is 1. The Bertz CT molecular complexity index is 626. The normalized spacial score (nSPS) is 11.6. The summed E-state index contributed by atoms with van der Waals surface area (Å²) in [5, 5.41) is 2.23. The first-order valence-corrected chi connectivity index (χ1v) is 7.47. The minimum Gasteiger partial charge on any atom is -0.373 e. The molecule has 0 heterocycles. The van der Waals surface area contributed by atoms with Crippen molar-refractivity contribution in [3.63, 3.8) is 0 Å². The van der Waals surface area contributed by atoms with Crippen LogP contribution in [0, 0.1) is 0 Å². The second kappa shape index (κ2) is 7.38. The van der Waals surface area contributed by atoms with E-state index in [0.29, 0.717) is 19.6 Å². The Hall–Kier alpha value is -1.91. The average Bonchev–Trinajstić information content (AvgIpc) is 2.46. The van der Waals surface area contributed by atoms with Crippen molar-refractivity contribution in [2.45, 2.75) is 32.8 Å². The smallest absolute Gasteiger partial charge is 0.247 e. The summed E-state index contributed by atoms with van der Waals surface area (Å²) in [5.41, 5.74) is 3.26. The van der Waals surface area contributed by atoms with Crippen molar-refractivity contribution in [3.8, 4) is 0 Å². The van der Waals surface area contributed by atoms with E-state index in [4.69, 9.17) is 9.57 Å². The molecule has 118 valence electrons. The predicted molar refractivity (Wildman–Crippen MR) is 87.5 cm³/mol. The number of ether oxygens (including phenoxy) is 1. The van der Waals surface area contributed by atoms with Crippen molar-refractivity contribution < 1.29 is 14.4 Å². The first-order chi connectivity index (χ1) is 10.5. The lowest BCUT2D eigenvalue weighted by molar-refractivity contribution is -0.135. The lowest BCUT2D eigenvalue weighted by Crippen LogP contribution is -2.29. The summed E-state index contributed by atoms with van der Waals surface area (Å²) >= 11 is 0. The van der Waals surface area contributed by atoms with Gasteiger partial charge >= 0.3 is 0 Å². The largest absolute Gasteiger partial charge is 0.373 e.